The van der Waals surface area contributed by atoms with Crippen molar-refractivity contribution in [2.24, 2.45) is 5.92 Å². The topological polar surface area (TPSA) is 47.3 Å². The normalized spacial score (nSPS) is 14.8. The molecule has 0 amide bonds. The molecule has 58 heavy (non-hydrogen) atoms. The summed E-state index contributed by atoms with van der Waals surface area (Å²) >= 11 is 0. The molecule has 0 radical (unpaired) electrons. The van der Waals surface area contributed by atoms with Gasteiger partial charge in [-0.15, -0.1) is 0 Å². The van der Waals surface area contributed by atoms with Gasteiger partial charge in [0.2, 0.25) is 5.89 Å². The average Bonchev–Trinajstić information content (AvgIpc) is 3.99. The second-order valence-corrected chi connectivity index (χ2v) is 15.1. The summed E-state index contributed by atoms with van der Waals surface area (Å²) in [5, 5.41) is 5.60. The number of benzene rings is 7. The fourth-order valence-electron chi connectivity index (χ4n) is 8.95. The van der Waals surface area contributed by atoms with Crippen molar-refractivity contribution in [1.82, 2.24) is 9.55 Å². The Morgan fingerprint density at radius 3 is 2.07 bits per heavy atom. The number of aromatic nitrogens is 2. The lowest BCUT2D eigenvalue weighted by molar-refractivity contribution is 0.535. The minimum absolute atomic E-state index is 0.273. The number of fused-ring (bicyclic) bond motifs is 8. The van der Waals surface area contributed by atoms with Crippen molar-refractivity contribution in [2.75, 3.05) is 4.90 Å². The molecule has 5 heteroatoms. The Labute approximate surface area is 334 Å². The Bertz CT molecular complexity index is 3420. The molecule has 0 spiro atoms. The fourth-order valence-corrected chi connectivity index (χ4v) is 8.95. The Balaban J connectivity index is 0.998. The summed E-state index contributed by atoms with van der Waals surface area (Å²) in [6.45, 7) is 0. The van der Waals surface area contributed by atoms with Crippen molar-refractivity contribution in [1.29, 1.82) is 0 Å². The lowest BCUT2D eigenvalue weighted by Crippen LogP contribution is -2.31. The maximum absolute atomic E-state index is 6.43. The highest BCUT2D eigenvalue weighted by atomic mass is 16.3. The van der Waals surface area contributed by atoms with Gasteiger partial charge in [-0.25, -0.2) is 4.98 Å². The molecule has 0 fully saturated rings. The first-order chi connectivity index (χ1) is 28.7. The van der Waals surface area contributed by atoms with E-state index in [1.165, 1.54) is 21.9 Å². The predicted octanol–water partition coefficient (Wildman–Crippen LogP) is 12.4. The summed E-state index contributed by atoms with van der Waals surface area (Å²) in [7, 11) is 0. The molecule has 10 aromatic rings. The number of nitrogens with zero attached hydrogens (tertiary/aromatic N) is 3. The zero-order valence-electron chi connectivity index (χ0n) is 31.4. The van der Waals surface area contributed by atoms with Crippen molar-refractivity contribution in [2.45, 2.75) is 6.42 Å². The van der Waals surface area contributed by atoms with E-state index < -0.39 is 0 Å². The SMILES string of the molecule is C1=CC2CC=c3oc(-c4ccccc4)nc3=C2C=C1c1ccc(N(c2ccc3c(c2)oc2ccccc23)c2ccc3c4ccccc4n(-c4ccccc4)c3c2)cc1. The van der Waals surface area contributed by atoms with E-state index in [9.17, 15) is 0 Å². The highest BCUT2D eigenvalue weighted by Crippen LogP contribution is 2.42. The molecule has 7 aromatic carbocycles. The van der Waals surface area contributed by atoms with Crippen molar-refractivity contribution < 1.29 is 8.83 Å². The van der Waals surface area contributed by atoms with Gasteiger partial charge >= 0.3 is 0 Å². The van der Waals surface area contributed by atoms with Crippen LogP contribution in [0.15, 0.2) is 197 Å². The van der Waals surface area contributed by atoms with E-state index in [-0.39, 0.29) is 5.92 Å². The van der Waals surface area contributed by atoms with Gasteiger partial charge in [-0.05, 0) is 108 Å². The number of oxazole rings is 1. The summed E-state index contributed by atoms with van der Waals surface area (Å²) in [6, 6.07) is 60.0. The van der Waals surface area contributed by atoms with Crippen LogP contribution in [0.25, 0.3) is 78.1 Å². The van der Waals surface area contributed by atoms with Crippen LogP contribution in [0.4, 0.5) is 17.1 Å². The van der Waals surface area contributed by atoms with Gasteiger partial charge in [0.05, 0.1) is 11.0 Å². The third kappa shape index (κ3) is 5.21. The second-order valence-electron chi connectivity index (χ2n) is 15.1. The molecule has 12 rings (SSSR count). The molecule has 0 N–H and O–H groups in total. The lowest BCUT2D eigenvalue weighted by Gasteiger charge is -2.26. The number of rotatable bonds is 6. The van der Waals surface area contributed by atoms with Crippen LogP contribution in [-0.4, -0.2) is 9.55 Å². The number of para-hydroxylation sites is 3. The number of hydrogen-bond donors (Lipinski definition) is 0. The first-order valence-electron chi connectivity index (χ1n) is 19.8. The van der Waals surface area contributed by atoms with Gasteiger partial charge in [0.25, 0.3) is 0 Å². The van der Waals surface area contributed by atoms with Crippen molar-refractivity contribution in [3.8, 4) is 17.1 Å². The largest absolute Gasteiger partial charge is 0.456 e. The minimum Gasteiger partial charge on any atom is -0.456 e. The minimum atomic E-state index is 0.273. The fraction of sp³-hybridized carbons (Fsp3) is 0.0377. The van der Waals surface area contributed by atoms with E-state index in [0.29, 0.717) is 5.89 Å². The first kappa shape index (κ1) is 32.6. The lowest BCUT2D eigenvalue weighted by atomic mass is 9.84. The highest BCUT2D eigenvalue weighted by molar-refractivity contribution is 6.11. The van der Waals surface area contributed by atoms with Crippen LogP contribution in [0.1, 0.15) is 12.0 Å². The standard InChI is InChI=1S/C53H35N3O2/c1-3-11-36(12-4-1)53-54-52-46-31-37(20-19-35(46)23-30-50(52)58-53)34-21-24-39(25-22-34)55(41-27-29-45-44-16-8-10-18-49(44)57-51(45)33-41)40-26-28-43-42-15-7-9-17-47(42)56(48(43)32-40)38-13-5-2-6-14-38/h1-22,24-33,35H,23H2. The van der Waals surface area contributed by atoms with E-state index in [1.54, 1.807) is 0 Å². The molecular weight excluding hydrogens is 711 g/mol. The van der Waals surface area contributed by atoms with Gasteiger partial charge in [0.15, 0.2) is 5.42 Å². The molecule has 2 aliphatic carbocycles. The summed E-state index contributed by atoms with van der Waals surface area (Å²) in [5.74, 6) is 0.932. The van der Waals surface area contributed by atoms with Gasteiger partial charge < -0.3 is 18.3 Å². The van der Waals surface area contributed by atoms with Crippen molar-refractivity contribution in [3.63, 3.8) is 0 Å². The number of allylic oxidation sites excluding steroid dienone is 4. The Morgan fingerprint density at radius 2 is 1.22 bits per heavy atom. The monoisotopic (exact) mass is 745 g/mol. The van der Waals surface area contributed by atoms with Crippen LogP contribution >= 0.6 is 0 Å². The molecule has 0 bridgehead atoms. The third-order valence-electron chi connectivity index (χ3n) is 11.7. The Hall–Kier alpha value is -7.63. The highest BCUT2D eigenvalue weighted by Gasteiger charge is 2.23. The Kier molecular flexibility index (Phi) is 7.29. The van der Waals surface area contributed by atoms with Crippen LogP contribution in [0.3, 0.4) is 0 Å². The van der Waals surface area contributed by atoms with Gasteiger partial charge in [-0.3, -0.25) is 0 Å². The van der Waals surface area contributed by atoms with E-state index in [1.807, 2.05) is 42.5 Å². The van der Waals surface area contributed by atoms with Gasteiger partial charge in [0, 0.05) is 61.8 Å². The van der Waals surface area contributed by atoms with Crippen LogP contribution < -0.4 is 15.7 Å². The molecule has 274 valence electrons. The van der Waals surface area contributed by atoms with Crippen LogP contribution in [0.5, 0.6) is 0 Å². The third-order valence-corrected chi connectivity index (χ3v) is 11.7. The first-order valence-corrected chi connectivity index (χ1v) is 19.8. The number of anilines is 3. The maximum Gasteiger partial charge on any atom is 0.227 e. The van der Waals surface area contributed by atoms with Crippen molar-refractivity contribution >= 4 is 78.0 Å². The summed E-state index contributed by atoms with van der Waals surface area (Å²) in [4.78, 5) is 7.34. The van der Waals surface area contributed by atoms with Crippen LogP contribution in [0, 0.1) is 5.92 Å². The quantitative estimate of drug-likeness (QED) is 0.170. The summed E-state index contributed by atoms with van der Waals surface area (Å²) in [5.41, 5.74) is 13.6. The molecule has 0 aliphatic heterocycles. The van der Waals surface area contributed by atoms with Gasteiger partial charge in [-0.2, -0.15) is 0 Å². The van der Waals surface area contributed by atoms with E-state index in [4.69, 9.17) is 13.8 Å². The summed E-state index contributed by atoms with van der Waals surface area (Å²) < 4.78 is 15.1. The van der Waals surface area contributed by atoms with Gasteiger partial charge in [-0.1, -0.05) is 103 Å². The molecular formula is C53H35N3O2. The van der Waals surface area contributed by atoms with E-state index in [2.05, 4.69) is 161 Å². The zero-order valence-corrected chi connectivity index (χ0v) is 31.4. The smallest absolute Gasteiger partial charge is 0.227 e. The number of hydrogen-bond acceptors (Lipinski definition) is 4. The average molecular weight is 746 g/mol. The van der Waals surface area contributed by atoms with Crippen molar-refractivity contribution in [3.05, 3.63) is 204 Å². The second kappa shape index (κ2) is 13.0. The zero-order chi connectivity index (χ0) is 38.2. The molecule has 3 aromatic heterocycles. The Morgan fingerprint density at radius 1 is 0.552 bits per heavy atom. The molecule has 1 unspecified atom stereocenters. The molecule has 3 heterocycles. The van der Waals surface area contributed by atoms with E-state index in [0.717, 1.165) is 84.1 Å². The molecule has 2 aliphatic rings. The predicted molar refractivity (Wildman–Crippen MR) is 237 cm³/mol. The summed E-state index contributed by atoms with van der Waals surface area (Å²) in [6.07, 6.45) is 9.93. The molecule has 1 atom stereocenters. The molecule has 0 saturated carbocycles. The maximum atomic E-state index is 6.43. The van der Waals surface area contributed by atoms with Crippen LogP contribution in [0.2, 0.25) is 0 Å². The van der Waals surface area contributed by atoms with E-state index >= 15 is 0 Å². The molecule has 0 saturated heterocycles. The molecule has 5 nitrogen and oxygen atoms in total. The van der Waals surface area contributed by atoms with Crippen LogP contribution in [-0.2, 0) is 0 Å². The number of furan rings is 1. The van der Waals surface area contributed by atoms with Gasteiger partial charge in [0.1, 0.15) is 16.5 Å².